The van der Waals surface area contributed by atoms with E-state index < -0.39 is 5.66 Å². The van der Waals surface area contributed by atoms with E-state index in [1.54, 1.807) is 0 Å². The van der Waals surface area contributed by atoms with Crippen molar-refractivity contribution in [1.82, 2.24) is 5.43 Å². The molecule has 0 aromatic heterocycles. The lowest BCUT2D eigenvalue weighted by Crippen LogP contribution is -2.52. The zero-order chi connectivity index (χ0) is 11.6. The SMILES string of the molecule is CC1=N[N+](=C(N)N)[C@](C)(NN=C(N)N)C1. The summed E-state index contributed by atoms with van der Waals surface area (Å²) >= 11 is 0. The first-order chi connectivity index (χ1) is 6.85. The van der Waals surface area contributed by atoms with Crippen molar-refractivity contribution in [3.8, 4) is 0 Å². The topological polar surface area (TPSA) is 144 Å². The lowest BCUT2D eigenvalue weighted by atomic mass is 10.1. The third kappa shape index (κ3) is 2.27. The molecule has 0 aliphatic carbocycles. The van der Waals surface area contributed by atoms with E-state index in [1.165, 1.54) is 4.68 Å². The van der Waals surface area contributed by atoms with Crippen molar-refractivity contribution in [2.24, 2.45) is 33.1 Å². The molecule has 1 aliphatic rings. The van der Waals surface area contributed by atoms with Gasteiger partial charge in [0.15, 0.2) is 0 Å². The molecule has 1 heterocycles. The largest absolute Gasteiger partial charge is 0.369 e. The quantitative estimate of drug-likeness (QED) is 0.150. The third-order valence-electron chi connectivity index (χ3n) is 2.01. The molecular weight excluding hydrogens is 196 g/mol. The fraction of sp³-hybridized carbons (Fsp3) is 0.571. The van der Waals surface area contributed by atoms with Crippen molar-refractivity contribution < 1.29 is 4.68 Å². The molecule has 1 rings (SSSR count). The lowest BCUT2D eigenvalue weighted by molar-refractivity contribution is -0.608. The normalized spacial score (nSPS) is 24.7. The Balaban J connectivity index is 2.96. The van der Waals surface area contributed by atoms with Gasteiger partial charge in [0.2, 0.25) is 11.6 Å². The van der Waals surface area contributed by atoms with Gasteiger partial charge in [-0.3, -0.25) is 16.9 Å². The van der Waals surface area contributed by atoms with Crippen LogP contribution in [0.5, 0.6) is 0 Å². The monoisotopic (exact) mass is 213 g/mol. The molecular formula is C7H17N8+. The van der Waals surface area contributed by atoms with Crippen LogP contribution in [0.1, 0.15) is 20.3 Å². The minimum Gasteiger partial charge on any atom is -0.369 e. The average Bonchev–Trinajstić information content (AvgIpc) is 2.39. The van der Waals surface area contributed by atoms with Gasteiger partial charge in [0.25, 0.3) is 0 Å². The number of rotatable bonds is 2. The molecule has 0 unspecified atom stereocenters. The third-order valence-corrected chi connectivity index (χ3v) is 2.01. The molecule has 0 amide bonds. The van der Waals surface area contributed by atoms with Gasteiger partial charge in [-0.1, -0.05) is 0 Å². The minimum absolute atomic E-state index is 0.0590. The molecule has 0 fully saturated rings. The molecule has 8 heteroatoms. The first kappa shape index (κ1) is 11.1. The number of guanidine groups is 2. The standard InChI is InChI=1S/C7H16N8/c1-4-3-7(2,14-12-5(8)9)15(13-4)6(10)11/h14H,3H2,1-2H3,(H7,8,9,10,11,12)/p+1/t7-/m0/s1. The van der Waals surface area contributed by atoms with Crippen molar-refractivity contribution in [2.75, 3.05) is 0 Å². The number of hydrogen-bond donors (Lipinski definition) is 5. The van der Waals surface area contributed by atoms with E-state index in [9.17, 15) is 0 Å². The van der Waals surface area contributed by atoms with Crippen LogP contribution in [0.2, 0.25) is 0 Å². The van der Waals surface area contributed by atoms with Gasteiger partial charge in [-0.2, -0.15) is 0 Å². The summed E-state index contributed by atoms with van der Waals surface area (Å²) in [7, 11) is 0. The zero-order valence-electron chi connectivity index (χ0n) is 8.86. The number of hydrazone groups is 2. The van der Waals surface area contributed by atoms with Crippen molar-refractivity contribution in [2.45, 2.75) is 25.9 Å². The molecule has 1 aliphatic heterocycles. The van der Waals surface area contributed by atoms with Crippen LogP contribution in [0.4, 0.5) is 0 Å². The summed E-state index contributed by atoms with van der Waals surface area (Å²) in [5, 5.41) is 7.90. The molecule has 1 atom stereocenters. The van der Waals surface area contributed by atoms with E-state index in [1.807, 2.05) is 13.8 Å². The molecule has 0 aromatic rings. The van der Waals surface area contributed by atoms with Gasteiger partial charge in [-0.25, -0.2) is 0 Å². The maximum absolute atomic E-state index is 5.50. The summed E-state index contributed by atoms with van der Waals surface area (Å²) in [6.07, 6.45) is 0.627. The first-order valence-electron chi connectivity index (χ1n) is 4.43. The predicted molar refractivity (Wildman–Crippen MR) is 58.7 cm³/mol. The first-order valence-corrected chi connectivity index (χ1v) is 4.43. The molecule has 8 nitrogen and oxygen atoms in total. The summed E-state index contributed by atoms with van der Waals surface area (Å²) in [4.78, 5) is 0. The van der Waals surface area contributed by atoms with Crippen molar-refractivity contribution >= 4 is 17.6 Å². The van der Waals surface area contributed by atoms with E-state index in [-0.39, 0.29) is 11.9 Å². The van der Waals surface area contributed by atoms with E-state index in [0.29, 0.717) is 6.42 Å². The Morgan fingerprint density at radius 1 is 1.47 bits per heavy atom. The van der Waals surface area contributed by atoms with Gasteiger partial charge >= 0.3 is 5.96 Å². The Hall–Kier alpha value is -1.99. The van der Waals surface area contributed by atoms with Gasteiger partial charge < -0.3 is 11.5 Å². The maximum Gasteiger partial charge on any atom is 0.367 e. The number of nitrogens with zero attached hydrogens (tertiary/aromatic N) is 3. The highest BCUT2D eigenvalue weighted by Crippen LogP contribution is 2.19. The Bertz CT molecular complexity index is 346. The fourth-order valence-corrected chi connectivity index (χ4v) is 1.50. The van der Waals surface area contributed by atoms with Crippen LogP contribution in [-0.2, 0) is 0 Å². The summed E-state index contributed by atoms with van der Waals surface area (Å²) in [6.45, 7) is 3.72. The molecule has 0 bridgehead atoms. The molecule has 9 N–H and O–H groups in total. The molecule has 15 heavy (non-hydrogen) atoms. The van der Waals surface area contributed by atoms with E-state index in [2.05, 4.69) is 15.6 Å². The summed E-state index contributed by atoms with van der Waals surface area (Å²) < 4.78 is 1.45. The Kier molecular flexibility index (Phi) is 2.69. The minimum atomic E-state index is -0.618. The number of hydrogen-bond acceptors (Lipinski definition) is 3. The van der Waals surface area contributed by atoms with Crippen LogP contribution in [0.25, 0.3) is 0 Å². The van der Waals surface area contributed by atoms with Gasteiger partial charge in [0.05, 0.1) is 5.71 Å². The van der Waals surface area contributed by atoms with Gasteiger partial charge in [-0.05, 0) is 13.8 Å². The maximum atomic E-state index is 5.50. The number of nitrogens with two attached hydrogens (primary N) is 4. The molecule has 0 saturated carbocycles. The lowest BCUT2D eigenvalue weighted by Gasteiger charge is -2.22. The highest BCUT2D eigenvalue weighted by Gasteiger charge is 2.39. The second-order valence-corrected chi connectivity index (χ2v) is 3.67. The average molecular weight is 213 g/mol. The highest BCUT2D eigenvalue weighted by molar-refractivity contribution is 5.84. The predicted octanol–water partition coefficient (Wildman–Crippen LogP) is -2.45. The van der Waals surface area contributed by atoms with Crippen LogP contribution in [0.15, 0.2) is 10.2 Å². The van der Waals surface area contributed by atoms with Gasteiger partial charge in [0, 0.05) is 6.42 Å². The summed E-state index contributed by atoms with van der Waals surface area (Å²) in [5.41, 5.74) is 24.5. The Morgan fingerprint density at radius 3 is 2.53 bits per heavy atom. The summed E-state index contributed by atoms with van der Waals surface area (Å²) in [6, 6.07) is 0. The molecule has 0 aromatic carbocycles. The molecule has 0 radical (unpaired) electrons. The smallest absolute Gasteiger partial charge is 0.367 e. The van der Waals surface area contributed by atoms with Crippen molar-refractivity contribution in [3.63, 3.8) is 0 Å². The van der Waals surface area contributed by atoms with Gasteiger partial charge in [-0.15, -0.1) is 14.9 Å². The second-order valence-electron chi connectivity index (χ2n) is 3.67. The Labute approximate surface area is 87.7 Å². The zero-order valence-corrected chi connectivity index (χ0v) is 8.86. The summed E-state index contributed by atoms with van der Waals surface area (Å²) in [5.74, 6) is 0.0314. The van der Waals surface area contributed by atoms with Crippen LogP contribution in [0.3, 0.4) is 0 Å². The van der Waals surface area contributed by atoms with E-state index >= 15 is 0 Å². The highest BCUT2D eigenvalue weighted by atomic mass is 15.6. The molecule has 0 spiro atoms. The molecule has 84 valence electrons. The van der Waals surface area contributed by atoms with Crippen LogP contribution < -0.4 is 28.4 Å². The van der Waals surface area contributed by atoms with Crippen LogP contribution in [0, 0.1) is 0 Å². The van der Waals surface area contributed by atoms with Crippen molar-refractivity contribution in [1.29, 1.82) is 0 Å². The number of nitrogens with one attached hydrogen (secondary N) is 1. The molecule has 0 saturated heterocycles. The van der Waals surface area contributed by atoms with Crippen LogP contribution >= 0.6 is 0 Å². The van der Waals surface area contributed by atoms with Crippen LogP contribution in [-0.4, -0.2) is 28.0 Å². The van der Waals surface area contributed by atoms with Crippen molar-refractivity contribution in [3.05, 3.63) is 0 Å². The fourth-order valence-electron chi connectivity index (χ4n) is 1.50. The van der Waals surface area contributed by atoms with E-state index in [0.717, 1.165) is 5.71 Å². The van der Waals surface area contributed by atoms with Gasteiger partial charge in [0.1, 0.15) is 0 Å². The second kappa shape index (κ2) is 3.64. The van der Waals surface area contributed by atoms with E-state index in [4.69, 9.17) is 22.9 Å². The Morgan fingerprint density at radius 2 is 2.07 bits per heavy atom.